The minimum absolute atomic E-state index is 0.0857. The number of aliphatic hydroxyl groups excluding tert-OH is 1. The van der Waals surface area contributed by atoms with Crippen LogP contribution in [0.3, 0.4) is 0 Å². The van der Waals surface area contributed by atoms with Crippen LogP contribution in [0.5, 0.6) is 0 Å². The van der Waals surface area contributed by atoms with Gasteiger partial charge in [0.1, 0.15) is 0 Å². The van der Waals surface area contributed by atoms with Gasteiger partial charge < -0.3 is 14.4 Å². The van der Waals surface area contributed by atoms with Gasteiger partial charge in [0, 0.05) is 31.8 Å². The van der Waals surface area contributed by atoms with E-state index in [4.69, 9.17) is 4.42 Å². The summed E-state index contributed by atoms with van der Waals surface area (Å²) in [6.45, 7) is 3.14. The van der Waals surface area contributed by atoms with Crippen LogP contribution in [0.2, 0.25) is 0 Å². The second-order valence-electron chi connectivity index (χ2n) is 10.1. The number of nitrogens with zero attached hydrogens (tertiary/aromatic N) is 3. The minimum Gasteiger partial charge on any atom is -0.425 e. The summed E-state index contributed by atoms with van der Waals surface area (Å²) in [7, 11) is 0. The van der Waals surface area contributed by atoms with Crippen LogP contribution in [0.4, 0.5) is 0 Å². The van der Waals surface area contributed by atoms with Crippen molar-refractivity contribution < 1.29 is 14.3 Å². The summed E-state index contributed by atoms with van der Waals surface area (Å²) in [5, 5.41) is 18.7. The molecule has 158 valence electrons. The number of aromatic nitrogens is 2. The molecule has 1 aromatic carbocycles. The van der Waals surface area contributed by atoms with E-state index in [-0.39, 0.29) is 23.3 Å². The van der Waals surface area contributed by atoms with Crippen LogP contribution in [-0.2, 0) is 10.2 Å². The predicted molar refractivity (Wildman–Crippen MR) is 110 cm³/mol. The van der Waals surface area contributed by atoms with Gasteiger partial charge in [-0.05, 0) is 54.9 Å². The first-order valence-corrected chi connectivity index (χ1v) is 11.4. The fraction of sp³-hybridized carbons (Fsp3) is 0.625. The molecule has 2 heterocycles. The van der Waals surface area contributed by atoms with Crippen LogP contribution >= 0.6 is 0 Å². The topological polar surface area (TPSA) is 79.5 Å². The fourth-order valence-electron chi connectivity index (χ4n) is 7.25. The molecule has 4 bridgehead atoms. The van der Waals surface area contributed by atoms with Crippen molar-refractivity contribution >= 4 is 5.91 Å². The summed E-state index contributed by atoms with van der Waals surface area (Å²) in [6, 6.07) is 10.7. The summed E-state index contributed by atoms with van der Waals surface area (Å²) in [5.74, 6) is 3.47. The van der Waals surface area contributed by atoms with Crippen molar-refractivity contribution in [3.05, 3.63) is 47.7 Å². The first kappa shape index (κ1) is 18.6. The first-order chi connectivity index (χ1) is 14.5. The van der Waals surface area contributed by atoms with Gasteiger partial charge in [-0.15, -0.1) is 10.2 Å². The van der Waals surface area contributed by atoms with Crippen molar-refractivity contribution in [2.75, 3.05) is 13.1 Å². The van der Waals surface area contributed by atoms with Crippen LogP contribution in [-0.4, -0.2) is 45.3 Å². The Balaban J connectivity index is 1.26. The van der Waals surface area contributed by atoms with Gasteiger partial charge in [0.15, 0.2) is 0 Å². The van der Waals surface area contributed by atoms with Crippen LogP contribution in [0.25, 0.3) is 0 Å². The molecule has 4 saturated carbocycles. The molecule has 1 aromatic heterocycles. The molecule has 6 heteroatoms. The zero-order chi connectivity index (χ0) is 20.5. The Morgan fingerprint density at radius 2 is 1.73 bits per heavy atom. The Hall–Kier alpha value is -2.21. The highest BCUT2D eigenvalue weighted by atomic mass is 16.4. The molecular weight excluding hydrogens is 378 g/mol. The second kappa shape index (κ2) is 6.64. The highest BCUT2D eigenvalue weighted by Gasteiger charge is 2.61. The minimum atomic E-state index is -0.129. The highest BCUT2D eigenvalue weighted by Crippen LogP contribution is 2.64. The summed E-state index contributed by atoms with van der Waals surface area (Å²) < 4.78 is 5.56. The summed E-state index contributed by atoms with van der Waals surface area (Å²) in [5.41, 5.74) is 1.24. The average Bonchev–Trinajstić information content (AvgIpc) is 3.11. The molecule has 5 aliphatic rings. The Morgan fingerprint density at radius 3 is 2.30 bits per heavy atom. The third-order valence-electron chi connectivity index (χ3n) is 8.65. The quantitative estimate of drug-likeness (QED) is 0.843. The van der Waals surface area contributed by atoms with Crippen molar-refractivity contribution in [2.45, 2.75) is 56.5 Å². The molecule has 1 N–H and O–H groups in total. The van der Waals surface area contributed by atoms with Gasteiger partial charge in [-0.2, -0.15) is 0 Å². The van der Waals surface area contributed by atoms with Crippen LogP contribution < -0.4 is 0 Å². The van der Waals surface area contributed by atoms with Crippen molar-refractivity contribution in [1.29, 1.82) is 0 Å². The predicted octanol–water partition coefficient (Wildman–Crippen LogP) is 3.06. The molecule has 7 rings (SSSR count). The van der Waals surface area contributed by atoms with Gasteiger partial charge in [0.25, 0.3) is 0 Å². The van der Waals surface area contributed by atoms with Gasteiger partial charge in [0.05, 0.1) is 12.0 Å². The zero-order valence-electron chi connectivity index (χ0n) is 17.4. The van der Waals surface area contributed by atoms with Crippen molar-refractivity contribution in [3.63, 3.8) is 0 Å². The third kappa shape index (κ3) is 2.62. The largest absolute Gasteiger partial charge is 0.425 e. The Bertz CT molecular complexity index is 920. The van der Waals surface area contributed by atoms with E-state index in [1.54, 1.807) is 6.92 Å². The maximum Gasteiger partial charge on any atom is 0.223 e. The number of carbonyl (C=O) groups is 1. The lowest BCUT2D eigenvalue weighted by molar-refractivity contribution is -0.155. The number of benzene rings is 1. The second-order valence-corrected chi connectivity index (χ2v) is 10.1. The lowest BCUT2D eigenvalue weighted by atomic mass is 9.42. The molecule has 6 nitrogen and oxygen atoms in total. The van der Waals surface area contributed by atoms with E-state index in [9.17, 15) is 9.90 Å². The van der Waals surface area contributed by atoms with E-state index in [0.29, 0.717) is 55.0 Å². The molecule has 1 saturated heterocycles. The lowest BCUT2D eigenvalue weighted by Crippen LogP contribution is -2.62. The number of rotatable bonds is 4. The van der Waals surface area contributed by atoms with Crippen molar-refractivity contribution in [3.8, 4) is 0 Å². The van der Waals surface area contributed by atoms with Crippen LogP contribution in [0.1, 0.15) is 55.4 Å². The molecule has 0 atom stereocenters. The molecule has 0 unspecified atom stereocenters. The van der Waals surface area contributed by atoms with Crippen LogP contribution in [0, 0.1) is 30.6 Å². The van der Waals surface area contributed by atoms with Gasteiger partial charge in [-0.25, -0.2) is 0 Å². The number of likely N-dealkylation sites (tertiary alicyclic amines) is 1. The molecule has 1 aliphatic heterocycles. The standard InChI is InChI=1S/C24H29N3O3/c1-14-25-26-23(30-14)17-12-27(13-17)21(28)11-24(18-5-3-2-4-6-18)19-7-15-8-20(24)10-16(9-19)22(15)29/h2-6,15-17,19-20,22,29H,7-13H2,1H3. The maximum absolute atomic E-state index is 13.5. The monoisotopic (exact) mass is 407 g/mol. The molecule has 1 amide bonds. The van der Waals surface area contributed by atoms with Gasteiger partial charge in [0.2, 0.25) is 17.7 Å². The fourth-order valence-corrected chi connectivity index (χ4v) is 7.25. The number of aliphatic hydroxyl groups is 1. The maximum atomic E-state index is 13.5. The average molecular weight is 408 g/mol. The summed E-state index contributed by atoms with van der Waals surface area (Å²) in [4.78, 5) is 15.4. The summed E-state index contributed by atoms with van der Waals surface area (Å²) >= 11 is 0. The van der Waals surface area contributed by atoms with E-state index >= 15 is 0 Å². The van der Waals surface area contributed by atoms with E-state index in [1.807, 2.05) is 4.90 Å². The molecule has 30 heavy (non-hydrogen) atoms. The van der Waals surface area contributed by atoms with E-state index in [1.165, 1.54) is 5.56 Å². The van der Waals surface area contributed by atoms with Gasteiger partial charge in [-0.1, -0.05) is 30.3 Å². The smallest absolute Gasteiger partial charge is 0.223 e. The molecular formula is C24H29N3O3. The van der Waals surface area contributed by atoms with Gasteiger partial charge >= 0.3 is 0 Å². The van der Waals surface area contributed by atoms with E-state index in [2.05, 4.69) is 40.5 Å². The van der Waals surface area contributed by atoms with Gasteiger partial charge in [-0.3, -0.25) is 4.79 Å². The third-order valence-corrected chi connectivity index (χ3v) is 8.65. The number of carbonyl (C=O) groups excluding carboxylic acids is 1. The van der Waals surface area contributed by atoms with Crippen molar-refractivity contribution in [2.24, 2.45) is 23.7 Å². The Morgan fingerprint density at radius 1 is 1.10 bits per heavy atom. The number of aryl methyl sites for hydroxylation is 1. The molecule has 0 spiro atoms. The molecule has 2 aromatic rings. The molecule has 4 aliphatic carbocycles. The van der Waals surface area contributed by atoms with E-state index in [0.717, 1.165) is 25.7 Å². The molecule has 5 fully saturated rings. The lowest BCUT2D eigenvalue weighted by Gasteiger charge is -2.63. The molecule has 0 radical (unpaired) electrons. The van der Waals surface area contributed by atoms with Crippen LogP contribution in [0.15, 0.2) is 34.7 Å². The number of amides is 1. The number of hydrogen-bond acceptors (Lipinski definition) is 5. The number of hydrogen-bond donors (Lipinski definition) is 1. The highest BCUT2D eigenvalue weighted by molar-refractivity contribution is 5.79. The Labute approximate surface area is 176 Å². The summed E-state index contributed by atoms with van der Waals surface area (Å²) in [6.07, 6.45) is 4.68. The first-order valence-electron chi connectivity index (χ1n) is 11.4. The van der Waals surface area contributed by atoms with Crippen molar-refractivity contribution in [1.82, 2.24) is 15.1 Å². The Kier molecular flexibility index (Phi) is 4.11. The van der Waals surface area contributed by atoms with E-state index < -0.39 is 0 Å². The SMILES string of the molecule is Cc1nnc(C2CN(C(=O)CC3(c4ccccc4)C4CC5CC3CC(C4)C5O)C2)o1. The normalized spacial score (nSPS) is 37.4. The zero-order valence-corrected chi connectivity index (χ0v) is 17.4.